The van der Waals surface area contributed by atoms with Gasteiger partial charge in [0.05, 0.1) is 31.0 Å². The zero-order chi connectivity index (χ0) is 17.7. The van der Waals surface area contributed by atoms with Crippen LogP contribution in [-0.4, -0.2) is 55.7 Å². The highest BCUT2D eigenvalue weighted by Gasteiger charge is 2.19. The third-order valence-corrected chi connectivity index (χ3v) is 4.11. The third kappa shape index (κ3) is 3.93. The molecule has 2 atom stereocenters. The Labute approximate surface area is 142 Å². The molecule has 0 fully saturated rings. The summed E-state index contributed by atoms with van der Waals surface area (Å²) in [5.74, 6) is 1.27. The minimum Gasteiger partial charge on any atom is -0.394 e. The molecule has 2 rings (SSSR count). The lowest BCUT2D eigenvalue weighted by Gasteiger charge is -2.18. The van der Waals surface area contributed by atoms with Gasteiger partial charge in [0.15, 0.2) is 11.3 Å². The van der Waals surface area contributed by atoms with Crippen LogP contribution in [0.15, 0.2) is 0 Å². The molecular weight excluding hydrogens is 308 g/mol. The molecule has 24 heavy (non-hydrogen) atoms. The molecule has 5 N–H and O–H groups in total. The first-order chi connectivity index (χ1) is 11.5. The van der Waals surface area contributed by atoms with Crippen LogP contribution in [0.5, 0.6) is 0 Å². The van der Waals surface area contributed by atoms with Gasteiger partial charge in [-0.25, -0.2) is 4.98 Å². The van der Waals surface area contributed by atoms with Gasteiger partial charge in [-0.2, -0.15) is 10.1 Å². The molecule has 0 unspecified atom stereocenters. The number of H-pyrrole nitrogens is 1. The van der Waals surface area contributed by atoms with Gasteiger partial charge >= 0.3 is 0 Å². The van der Waals surface area contributed by atoms with E-state index in [-0.39, 0.29) is 31.2 Å². The smallest absolute Gasteiger partial charge is 0.225 e. The highest BCUT2D eigenvalue weighted by atomic mass is 16.3. The van der Waals surface area contributed by atoms with E-state index in [9.17, 15) is 10.2 Å². The highest BCUT2D eigenvalue weighted by Crippen LogP contribution is 2.27. The normalized spacial score (nSPS) is 14.1. The van der Waals surface area contributed by atoms with E-state index in [2.05, 4.69) is 44.6 Å². The molecule has 134 valence electrons. The molecule has 8 nitrogen and oxygen atoms in total. The molecule has 0 saturated heterocycles. The molecule has 0 spiro atoms. The standard InChI is InChI=1S/C16H28N6O2/c1-5-10(7-23)17-15-14-13(12(9(3)4)21-22-14)19-16(20-15)18-11(6-2)8-24/h9-11,23-24H,5-8H2,1-4H3,(H,21,22)(H2,17,18,19,20)/t10-,11-/m1/s1. The van der Waals surface area contributed by atoms with Gasteiger partial charge in [0.2, 0.25) is 5.95 Å². The molecular formula is C16H28N6O2. The second-order valence-electron chi connectivity index (χ2n) is 6.25. The maximum Gasteiger partial charge on any atom is 0.225 e. The van der Waals surface area contributed by atoms with Crippen LogP contribution >= 0.6 is 0 Å². The van der Waals surface area contributed by atoms with E-state index in [1.54, 1.807) is 0 Å². The molecule has 2 heterocycles. The van der Waals surface area contributed by atoms with Gasteiger partial charge in [0, 0.05) is 0 Å². The van der Waals surface area contributed by atoms with Crippen LogP contribution in [0.2, 0.25) is 0 Å². The number of hydrogen-bond acceptors (Lipinski definition) is 7. The number of nitrogens with zero attached hydrogens (tertiary/aromatic N) is 3. The Morgan fingerprint density at radius 1 is 0.958 bits per heavy atom. The number of aromatic nitrogens is 4. The Kier molecular flexibility index (Phi) is 6.33. The van der Waals surface area contributed by atoms with Crippen LogP contribution in [-0.2, 0) is 0 Å². The van der Waals surface area contributed by atoms with Gasteiger partial charge < -0.3 is 20.8 Å². The average molecular weight is 336 g/mol. The second kappa shape index (κ2) is 8.25. The van der Waals surface area contributed by atoms with Crippen LogP contribution in [0.25, 0.3) is 11.0 Å². The predicted molar refractivity (Wildman–Crippen MR) is 95.3 cm³/mol. The van der Waals surface area contributed by atoms with Crippen molar-refractivity contribution in [3.63, 3.8) is 0 Å². The Morgan fingerprint density at radius 2 is 1.58 bits per heavy atom. The van der Waals surface area contributed by atoms with E-state index in [0.29, 0.717) is 17.3 Å². The van der Waals surface area contributed by atoms with E-state index in [4.69, 9.17) is 0 Å². The molecule has 0 aliphatic rings. The van der Waals surface area contributed by atoms with E-state index >= 15 is 0 Å². The molecule has 8 heteroatoms. The van der Waals surface area contributed by atoms with Crippen molar-refractivity contribution in [2.75, 3.05) is 23.8 Å². The largest absolute Gasteiger partial charge is 0.394 e. The number of aliphatic hydroxyl groups excluding tert-OH is 2. The van der Waals surface area contributed by atoms with Crippen LogP contribution in [0, 0.1) is 0 Å². The number of anilines is 2. The highest BCUT2D eigenvalue weighted by molar-refractivity contribution is 5.88. The van der Waals surface area contributed by atoms with Crippen molar-refractivity contribution >= 4 is 22.8 Å². The fourth-order valence-electron chi connectivity index (χ4n) is 2.41. The summed E-state index contributed by atoms with van der Waals surface area (Å²) in [6, 6.07) is -0.209. The molecule has 0 radical (unpaired) electrons. The lowest BCUT2D eigenvalue weighted by Crippen LogP contribution is -2.26. The number of hydrogen-bond donors (Lipinski definition) is 5. The zero-order valence-electron chi connectivity index (χ0n) is 14.8. The van der Waals surface area contributed by atoms with E-state index < -0.39 is 0 Å². The van der Waals surface area contributed by atoms with Crippen molar-refractivity contribution in [2.45, 2.75) is 58.5 Å². The molecule has 0 saturated carbocycles. The quantitative estimate of drug-likeness (QED) is 0.474. The SMILES string of the molecule is CC[C@H](CO)Nc1nc(N[C@H](CC)CO)c2n[nH]c(C(C)C)c2n1. The number of nitrogens with one attached hydrogen (secondary N) is 3. The summed E-state index contributed by atoms with van der Waals surface area (Å²) in [6.07, 6.45) is 1.53. The molecule has 2 aromatic heterocycles. The van der Waals surface area contributed by atoms with E-state index in [1.165, 1.54) is 0 Å². The predicted octanol–water partition coefficient (Wildman–Crippen LogP) is 1.84. The van der Waals surface area contributed by atoms with Crippen molar-refractivity contribution < 1.29 is 10.2 Å². The lowest BCUT2D eigenvalue weighted by molar-refractivity contribution is 0.271. The summed E-state index contributed by atoms with van der Waals surface area (Å²) in [5.41, 5.74) is 2.35. The first kappa shape index (κ1) is 18.4. The maximum atomic E-state index is 9.46. The van der Waals surface area contributed by atoms with Gasteiger partial charge in [-0.3, -0.25) is 5.10 Å². The minimum absolute atomic E-state index is 0.0112. The number of aliphatic hydroxyl groups is 2. The van der Waals surface area contributed by atoms with Gasteiger partial charge in [-0.05, 0) is 18.8 Å². The van der Waals surface area contributed by atoms with E-state index in [0.717, 1.165) is 24.1 Å². The van der Waals surface area contributed by atoms with Crippen molar-refractivity contribution in [2.24, 2.45) is 0 Å². The topological polar surface area (TPSA) is 119 Å². The van der Waals surface area contributed by atoms with Crippen LogP contribution in [0.1, 0.15) is 52.1 Å². The summed E-state index contributed by atoms with van der Waals surface area (Å²) in [6.45, 7) is 8.15. The summed E-state index contributed by atoms with van der Waals surface area (Å²) in [5, 5.41) is 32.7. The van der Waals surface area contributed by atoms with Gasteiger partial charge in [-0.1, -0.05) is 27.7 Å². The first-order valence-electron chi connectivity index (χ1n) is 8.54. The molecule has 0 amide bonds. The zero-order valence-corrected chi connectivity index (χ0v) is 14.8. The minimum atomic E-state index is -0.107. The number of rotatable bonds is 9. The summed E-state index contributed by atoms with van der Waals surface area (Å²) in [7, 11) is 0. The summed E-state index contributed by atoms with van der Waals surface area (Å²) >= 11 is 0. The molecule has 0 aliphatic heterocycles. The molecule has 0 bridgehead atoms. The fourth-order valence-corrected chi connectivity index (χ4v) is 2.41. The van der Waals surface area contributed by atoms with Gasteiger partial charge in [0.25, 0.3) is 0 Å². The fraction of sp³-hybridized carbons (Fsp3) is 0.688. The van der Waals surface area contributed by atoms with Crippen LogP contribution in [0.4, 0.5) is 11.8 Å². The van der Waals surface area contributed by atoms with Crippen molar-refractivity contribution in [3.8, 4) is 0 Å². The lowest BCUT2D eigenvalue weighted by atomic mass is 10.1. The Hall–Kier alpha value is -1.93. The summed E-state index contributed by atoms with van der Waals surface area (Å²) in [4.78, 5) is 9.09. The Morgan fingerprint density at radius 3 is 2.12 bits per heavy atom. The van der Waals surface area contributed by atoms with E-state index in [1.807, 2.05) is 13.8 Å². The number of fused-ring (bicyclic) bond motifs is 1. The van der Waals surface area contributed by atoms with Crippen LogP contribution in [0.3, 0.4) is 0 Å². The van der Waals surface area contributed by atoms with Crippen LogP contribution < -0.4 is 10.6 Å². The van der Waals surface area contributed by atoms with Gasteiger partial charge in [0.1, 0.15) is 5.52 Å². The first-order valence-corrected chi connectivity index (χ1v) is 8.54. The average Bonchev–Trinajstić information content (AvgIpc) is 3.01. The van der Waals surface area contributed by atoms with Crippen molar-refractivity contribution in [1.82, 2.24) is 20.2 Å². The Bertz CT molecular complexity index is 649. The van der Waals surface area contributed by atoms with Crippen molar-refractivity contribution in [3.05, 3.63) is 5.69 Å². The maximum absolute atomic E-state index is 9.46. The summed E-state index contributed by atoms with van der Waals surface area (Å²) < 4.78 is 0. The molecule has 0 aliphatic carbocycles. The molecule has 0 aromatic carbocycles. The Balaban J connectivity index is 2.48. The second-order valence-corrected chi connectivity index (χ2v) is 6.25. The number of aromatic amines is 1. The monoisotopic (exact) mass is 336 g/mol. The van der Waals surface area contributed by atoms with Gasteiger partial charge in [-0.15, -0.1) is 0 Å². The third-order valence-electron chi connectivity index (χ3n) is 4.11. The molecule has 2 aromatic rings. The van der Waals surface area contributed by atoms with Crippen molar-refractivity contribution in [1.29, 1.82) is 0 Å².